The minimum atomic E-state index is -3.76. The SMILES string of the molecule is COc1ccc(S(=O)(=O)Nc2ccc(Nc3cc(Nc4cc(C)ccn4)ncn3)cc2)c(C)c1C. The van der Waals surface area contributed by atoms with Gasteiger partial charge in [0.1, 0.15) is 29.5 Å². The fourth-order valence-corrected chi connectivity index (χ4v) is 4.85. The number of sulfonamides is 1. The topological polar surface area (TPSA) is 118 Å². The third kappa shape index (κ3) is 5.67. The van der Waals surface area contributed by atoms with Crippen LogP contribution in [0.5, 0.6) is 5.75 Å². The molecule has 0 aliphatic heterocycles. The van der Waals surface area contributed by atoms with Gasteiger partial charge in [-0.15, -0.1) is 0 Å². The van der Waals surface area contributed by atoms with Gasteiger partial charge in [-0.1, -0.05) is 0 Å². The molecule has 0 saturated heterocycles. The van der Waals surface area contributed by atoms with Crippen molar-refractivity contribution in [2.45, 2.75) is 25.7 Å². The Morgan fingerprint density at radius 3 is 2.09 bits per heavy atom. The molecule has 3 N–H and O–H groups in total. The lowest BCUT2D eigenvalue weighted by molar-refractivity contribution is 0.411. The number of rotatable bonds is 8. The summed E-state index contributed by atoms with van der Waals surface area (Å²) in [7, 11) is -2.20. The summed E-state index contributed by atoms with van der Waals surface area (Å²) < 4.78 is 33.8. The minimum Gasteiger partial charge on any atom is -0.496 e. The molecule has 0 aliphatic carbocycles. The first kappa shape index (κ1) is 24.0. The van der Waals surface area contributed by atoms with Crippen LogP contribution in [0.15, 0.2) is 72.0 Å². The van der Waals surface area contributed by atoms with Crippen molar-refractivity contribution in [1.29, 1.82) is 0 Å². The Kier molecular flexibility index (Phi) is 6.83. The molecule has 0 bridgehead atoms. The summed E-state index contributed by atoms with van der Waals surface area (Å²) in [5.74, 6) is 2.51. The Morgan fingerprint density at radius 1 is 0.743 bits per heavy atom. The van der Waals surface area contributed by atoms with Crippen LogP contribution in [0, 0.1) is 20.8 Å². The number of hydrogen-bond donors (Lipinski definition) is 3. The molecule has 0 saturated carbocycles. The largest absolute Gasteiger partial charge is 0.496 e. The van der Waals surface area contributed by atoms with Crippen LogP contribution in [-0.2, 0) is 10.0 Å². The van der Waals surface area contributed by atoms with Gasteiger partial charge in [0.05, 0.1) is 12.0 Å². The first-order valence-corrected chi connectivity index (χ1v) is 12.3. The number of methoxy groups -OCH3 is 1. The predicted molar refractivity (Wildman–Crippen MR) is 137 cm³/mol. The molecule has 0 aliphatic rings. The molecule has 0 fully saturated rings. The number of aromatic nitrogens is 3. The number of pyridine rings is 1. The van der Waals surface area contributed by atoms with Gasteiger partial charge < -0.3 is 15.4 Å². The number of nitrogens with one attached hydrogen (secondary N) is 3. The molecule has 2 aromatic carbocycles. The highest BCUT2D eigenvalue weighted by Crippen LogP contribution is 2.28. The van der Waals surface area contributed by atoms with Crippen LogP contribution in [0.4, 0.5) is 28.8 Å². The molecule has 9 nitrogen and oxygen atoms in total. The number of benzene rings is 2. The van der Waals surface area contributed by atoms with E-state index in [1.165, 1.54) is 6.33 Å². The molecule has 0 radical (unpaired) electrons. The minimum absolute atomic E-state index is 0.210. The number of hydrogen-bond acceptors (Lipinski definition) is 8. The summed E-state index contributed by atoms with van der Waals surface area (Å²) in [5.41, 5.74) is 3.70. The molecular formula is C25H26N6O3S. The number of nitrogens with zero attached hydrogens (tertiary/aromatic N) is 3. The molecule has 4 rings (SSSR count). The number of anilines is 5. The van der Waals surface area contributed by atoms with E-state index in [4.69, 9.17) is 4.74 Å². The summed E-state index contributed by atoms with van der Waals surface area (Å²) in [5, 5.41) is 6.34. The summed E-state index contributed by atoms with van der Waals surface area (Å²) in [4.78, 5) is 13.0. The second-order valence-electron chi connectivity index (χ2n) is 7.96. The van der Waals surface area contributed by atoms with Crippen molar-refractivity contribution in [2.75, 3.05) is 22.5 Å². The van der Waals surface area contributed by atoms with E-state index in [0.717, 1.165) is 16.8 Å². The van der Waals surface area contributed by atoms with Gasteiger partial charge >= 0.3 is 0 Å². The molecule has 35 heavy (non-hydrogen) atoms. The van der Waals surface area contributed by atoms with Crippen molar-refractivity contribution in [3.05, 3.63) is 83.8 Å². The van der Waals surface area contributed by atoms with E-state index in [-0.39, 0.29) is 4.90 Å². The summed E-state index contributed by atoms with van der Waals surface area (Å²) in [6.45, 7) is 5.58. The van der Waals surface area contributed by atoms with Crippen LogP contribution >= 0.6 is 0 Å². The normalized spacial score (nSPS) is 11.1. The van der Waals surface area contributed by atoms with Gasteiger partial charge in [0.15, 0.2) is 0 Å². The van der Waals surface area contributed by atoms with Crippen LogP contribution in [0.2, 0.25) is 0 Å². The maximum absolute atomic E-state index is 13.0. The van der Waals surface area contributed by atoms with Crippen molar-refractivity contribution in [3.63, 3.8) is 0 Å². The Morgan fingerprint density at radius 2 is 1.40 bits per heavy atom. The maximum atomic E-state index is 13.0. The van der Waals surface area contributed by atoms with E-state index >= 15 is 0 Å². The van der Waals surface area contributed by atoms with Crippen LogP contribution < -0.4 is 20.1 Å². The van der Waals surface area contributed by atoms with Crippen LogP contribution in [-0.4, -0.2) is 30.5 Å². The third-order valence-electron chi connectivity index (χ3n) is 5.45. The van der Waals surface area contributed by atoms with Crippen molar-refractivity contribution in [2.24, 2.45) is 0 Å². The predicted octanol–water partition coefficient (Wildman–Crippen LogP) is 5.09. The Balaban J connectivity index is 1.46. The summed E-state index contributed by atoms with van der Waals surface area (Å²) in [6.07, 6.45) is 3.17. The summed E-state index contributed by atoms with van der Waals surface area (Å²) >= 11 is 0. The Hall–Kier alpha value is -4.18. The van der Waals surface area contributed by atoms with E-state index in [2.05, 4.69) is 30.3 Å². The molecule has 2 heterocycles. The smallest absolute Gasteiger partial charge is 0.262 e. The van der Waals surface area contributed by atoms with Gasteiger partial charge in [-0.25, -0.2) is 23.4 Å². The zero-order chi connectivity index (χ0) is 25.0. The lowest BCUT2D eigenvalue weighted by Crippen LogP contribution is -2.15. The van der Waals surface area contributed by atoms with Gasteiger partial charge in [0.25, 0.3) is 10.0 Å². The average Bonchev–Trinajstić information content (AvgIpc) is 2.82. The first-order valence-electron chi connectivity index (χ1n) is 10.8. The third-order valence-corrected chi connectivity index (χ3v) is 6.97. The van der Waals surface area contributed by atoms with Crippen molar-refractivity contribution >= 4 is 38.9 Å². The fraction of sp³-hybridized carbons (Fsp3) is 0.160. The molecule has 180 valence electrons. The van der Waals surface area contributed by atoms with E-state index < -0.39 is 10.0 Å². The van der Waals surface area contributed by atoms with Gasteiger partial charge in [0.2, 0.25) is 0 Å². The standard InChI is InChI=1S/C25H26N6O3S/c1-16-11-12-26-23(13-16)30-25-14-24(27-15-28-25)29-19-5-7-20(8-6-19)31-35(32,33)22-10-9-21(34-4)17(2)18(22)3/h5-15,31H,1-4H3,(H2,26,27,28,29,30). The maximum Gasteiger partial charge on any atom is 0.262 e. The second-order valence-corrected chi connectivity index (χ2v) is 9.61. The van der Waals surface area contributed by atoms with Crippen molar-refractivity contribution in [1.82, 2.24) is 15.0 Å². The van der Waals surface area contributed by atoms with Gasteiger partial charge in [0, 0.05) is 23.6 Å². The highest BCUT2D eigenvalue weighted by molar-refractivity contribution is 7.92. The second kappa shape index (κ2) is 9.98. The quantitative estimate of drug-likeness (QED) is 0.312. The number of aryl methyl sites for hydroxylation is 1. The molecule has 0 amide bonds. The Labute approximate surface area is 204 Å². The molecule has 4 aromatic rings. The lowest BCUT2D eigenvalue weighted by atomic mass is 10.1. The van der Waals surface area contributed by atoms with E-state index in [1.807, 2.05) is 26.0 Å². The van der Waals surface area contributed by atoms with Gasteiger partial charge in [-0.2, -0.15) is 0 Å². The summed E-state index contributed by atoms with van der Waals surface area (Å²) in [6, 6.07) is 15.7. The Bertz CT molecular complexity index is 1460. The van der Waals surface area contributed by atoms with Crippen molar-refractivity contribution in [3.8, 4) is 5.75 Å². The van der Waals surface area contributed by atoms with E-state index in [9.17, 15) is 8.42 Å². The van der Waals surface area contributed by atoms with Crippen LogP contribution in [0.25, 0.3) is 0 Å². The van der Waals surface area contributed by atoms with Gasteiger partial charge in [-0.3, -0.25) is 4.72 Å². The molecule has 2 aromatic heterocycles. The van der Waals surface area contributed by atoms with Crippen LogP contribution in [0.1, 0.15) is 16.7 Å². The lowest BCUT2D eigenvalue weighted by Gasteiger charge is -2.14. The number of ether oxygens (including phenoxy) is 1. The van der Waals surface area contributed by atoms with Crippen LogP contribution in [0.3, 0.4) is 0 Å². The molecule has 0 spiro atoms. The molecule has 0 unspecified atom stereocenters. The first-order chi connectivity index (χ1) is 16.7. The zero-order valence-electron chi connectivity index (χ0n) is 19.8. The van der Waals surface area contributed by atoms with Gasteiger partial charge in [-0.05, 0) is 86.0 Å². The molecular weight excluding hydrogens is 464 g/mol. The highest BCUT2D eigenvalue weighted by Gasteiger charge is 2.19. The van der Waals surface area contributed by atoms with E-state index in [1.54, 1.807) is 62.7 Å². The van der Waals surface area contributed by atoms with E-state index in [0.29, 0.717) is 34.5 Å². The molecule has 10 heteroatoms. The fourth-order valence-electron chi connectivity index (χ4n) is 3.49. The zero-order valence-corrected chi connectivity index (χ0v) is 20.6. The highest BCUT2D eigenvalue weighted by atomic mass is 32.2. The molecule has 0 atom stereocenters. The van der Waals surface area contributed by atoms with Crippen molar-refractivity contribution < 1.29 is 13.2 Å². The average molecular weight is 491 g/mol. The monoisotopic (exact) mass is 490 g/mol.